The molecular weight excluding hydrogens is 358 g/mol. The molecule has 0 saturated carbocycles. The molecule has 0 aliphatic rings. The van der Waals surface area contributed by atoms with Gasteiger partial charge in [-0.3, -0.25) is 14.9 Å². The van der Waals surface area contributed by atoms with E-state index < -0.39 is 4.92 Å². The maximum Gasteiger partial charge on any atom is 0.271 e. The molecule has 0 aromatic heterocycles. The molecule has 0 unspecified atom stereocenters. The van der Waals surface area contributed by atoms with Crippen molar-refractivity contribution in [3.63, 3.8) is 0 Å². The zero-order valence-corrected chi connectivity index (χ0v) is 16.2. The maximum absolute atomic E-state index is 12.2. The van der Waals surface area contributed by atoms with Gasteiger partial charge < -0.3 is 4.74 Å². The van der Waals surface area contributed by atoms with Crippen molar-refractivity contribution in [3.8, 4) is 5.75 Å². The Morgan fingerprint density at radius 2 is 1.86 bits per heavy atom. The molecule has 148 valence electrons. The molecule has 0 heterocycles. The van der Waals surface area contributed by atoms with Gasteiger partial charge >= 0.3 is 0 Å². The van der Waals surface area contributed by atoms with Crippen LogP contribution in [0.15, 0.2) is 53.6 Å². The third-order valence-electron chi connectivity index (χ3n) is 4.18. The van der Waals surface area contributed by atoms with E-state index in [4.69, 9.17) is 4.74 Å². The lowest BCUT2D eigenvalue weighted by Crippen LogP contribution is -2.19. The van der Waals surface area contributed by atoms with Crippen molar-refractivity contribution in [2.45, 2.75) is 39.5 Å². The Kier molecular flexibility index (Phi) is 8.14. The maximum atomic E-state index is 12.2. The van der Waals surface area contributed by atoms with Crippen molar-refractivity contribution in [1.82, 2.24) is 5.43 Å². The molecule has 2 aromatic rings. The first kappa shape index (κ1) is 21.1. The number of nitro benzene ring substituents is 1. The zero-order valence-electron chi connectivity index (χ0n) is 16.2. The van der Waals surface area contributed by atoms with Crippen LogP contribution in [0, 0.1) is 10.1 Å². The lowest BCUT2D eigenvalue weighted by atomic mass is 10.1. The smallest absolute Gasteiger partial charge is 0.271 e. The molecule has 0 spiro atoms. The number of nitro groups is 1. The number of benzene rings is 2. The molecule has 0 fully saturated rings. The minimum atomic E-state index is -0.469. The molecule has 0 saturated heterocycles. The van der Waals surface area contributed by atoms with Crippen LogP contribution in [-0.4, -0.2) is 23.1 Å². The summed E-state index contributed by atoms with van der Waals surface area (Å²) in [6.45, 7) is 4.51. The van der Waals surface area contributed by atoms with Crippen LogP contribution in [0.3, 0.4) is 0 Å². The number of ether oxygens (including phenoxy) is 1. The van der Waals surface area contributed by atoms with Crippen LogP contribution in [-0.2, 0) is 0 Å². The molecule has 2 rings (SSSR count). The zero-order chi connectivity index (χ0) is 20.4. The van der Waals surface area contributed by atoms with Crippen molar-refractivity contribution in [2.75, 3.05) is 6.61 Å². The normalized spacial score (nSPS) is 11.1. The highest BCUT2D eigenvalue weighted by Gasteiger charge is 2.09. The van der Waals surface area contributed by atoms with E-state index in [9.17, 15) is 14.9 Å². The van der Waals surface area contributed by atoms with E-state index in [0.717, 1.165) is 18.6 Å². The topological polar surface area (TPSA) is 93.8 Å². The van der Waals surface area contributed by atoms with Crippen molar-refractivity contribution < 1.29 is 14.5 Å². The second-order valence-electron chi connectivity index (χ2n) is 6.38. The van der Waals surface area contributed by atoms with Gasteiger partial charge in [0.2, 0.25) is 0 Å². The predicted molar refractivity (Wildman–Crippen MR) is 109 cm³/mol. The lowest BCUT2D eigenvalue weighted by molar-refractivity contribution is -0.384. The van der Waals surface area contributed by atoms with Gasteiger partial charge in [0.15, 0.2) is 0 Å². The Bertz CT molecular complexity index is 832. The number of hydrazone groups is 1. The number of nitrogens with zero attached hydrogens (tertiary/aromatic N) is 2. The highest BCUT2D eigenvalue weighted by molar-refractivity contribution is 6.01. The Labute approximate surface area is 164 Å². The fourth-order valence-electron chi connectivity index (χ4n) is 2.53. The second-order valence-corrected chi connectivity index (χ2v) is 6.38. The van der Waals surface area contributed by atoms with Crippen molar-refractivity contribution in [1.29, 1.82) is 0 Å². The number of amides is 1. The highest BCUT2D eigenvalue weighted by Crippen LogP contribution is 2.15. The minimum Gasteiger partial charge on any atom is -0.494 e. The molecule has 0 aliphatic carbocycles. The number of hydrogen-bond donors (Lipinski definition) is 1. The first-order chi connectivity index (χ1) is 13.5. The standard InChI is InChI=1S/C21H25N3O4/c1-3-4-5-6-14-28-20-12-10-17(11-13-20)21(25)23-22-16(2)18-8-7-9-19(15-18)24(26)27/h7-13,15H,3-6,14H2,1-2H3,(H,23,25)/b22-16+. The molecule has 2 aromatic carbocycles. The van der Waals surface area contributed by atoms with Crippen LogP contribution in [0.5, 0.6) is 5.75 Å². The number of rotatable bonds is 10. The average Bonchev–Trinajstić information content (AvgIpc) is 2.72. The molecule has 0 bridgehead atoms. The summed E-state index contributed by atoms with van der Waals surface area (Å²) >= 11 is 0. The van der Waals surface area contributed by atoms with E-state index in [0.29, 0.717) is 23.4 Å². The Hall–Kier alpha value is -3.22. The Balaban J connectivity index is 1.90. The molecule has 1 amide bonds. The SMILES string of the molecule is CCCCCCOc1ccc(C(=O)N/N=C(\C)c2cccc([N+](=O)[O-])c2)cc1. The van der Waals surface area contributed by atoms with Crippen LogP contribution in [0.4, 0.5) is 5.69 Å². The van der Waals surface area contributed by atoms with Gasteiger partial charge in [-0.25, -0.2) is 5.43 Å². The summed E-state index contributed by atoms with van der Waals surface area (Å²) in [5.41, 5.74) is 3.95. The summed E-state index contributed by atoms with van der Waals surface area (Å²) in [5.74, 6) is 0.364. The van der Waals surface area contributed by atoms with Crippen LogP contribution in [0.25, 0.3) is 0 Å². The minimum absolute atomic E-state index is 0.0244. The molecule has 0 radical (unpaired) electrons. The van der Waals surface area contributed by atoms with E-state index in [1.54, 1.807) is 43.3 Å². The molecule has 0 atom stereocenters. The van der Waals surface area contributed by atoms with Gasteiger partial charge in [-0.05, 0) is 37.6 Å². The summed E-state index contributed by atoms with van der Waals surface area (Å²) in [5, 5.41) is 14.9. The van der Waals surface area contributed by atoms with E-state index in [1.165, 1.54) is 25.0 Å². The first-order valence-electron chi connectivity index (χ1n) is 9.33. The Morgan fingerprint density at radius 3 is 2.54 bits per heavy atom. The van der Waals surface area contributed by atoms with Gasteiger partial charge in [0.1, 0.15) is 5.75 Å². The van der Waals surface area contributed by atoms with Gasteiger partial charge in [0.25, 0.3) is 11.6 Å². The van der Waals surface area contributed by atoms with Crippen molar-refractivity contribution in [2.24, 2.45) is 5.10 Å². The summed E-state index contributed by atoms with van der Waals surface area (Å²) in [6, 6.07) is 13.0. The molecule has 7 nitrogen and oxygen atoms in total. The number of carbonyl (C=O) groups is 1. The number of non-ortho nitro benzene ring substituents is 1. The van der Waals surface area contributed by atoms with E-state index in [1.807, 2.05) is 0 Å². The van der Waals surface area contributed by atoms with Crippen LogP contribution < -0.4 is 10.2 Å². The Morgan fingerprint density at radius 1 is 1.11 bits per heavy atom. The predicted octanol–water partition coefficient (Wildman–Crippen LogP) is 4.71. The number of nitrogens with one attached hydrogen (secondary N) is 1. The highest BCUT2D eigenvalue weighted by atomic mass is 16.6. The molecule has 1 N–H and O–H groups in total. The van der Waals surface area contributed by atoms with Gasteiger partial charge in [-0.15, -0.1) is 0 Å². The van der Waals surface area contributed by atoms with E-state index >= 15 is 0 Å². The van der Waals surface area contributed by atoms with Gasteiger partial charge in [-0.2, -0.15) is 5.10 Å². The van der Waals surface area contributed by atoms with Gasteiger partial charge in [0.05, 0.1) is 17.2 Å². The molecule has 7 heteroatoms. The van der Waals surface area contributed by atoms with Crippen molar-refractivity contribution in [3.05, 3.63) is 69.8 Å². The molecular formula is C21H25N3O4. The molecule has 0 aliphatic heterocycles. The third kappa shape index (κ3) is 6.50. The van der Waals surface area contributed by atoms with Crippen LogP contribution in [0.2, 0.25) is 0 Å². The number of hydrogen-bond acceptors (Lipinski definition) is 5. The van der Waals surface area contributed by atoms with Crippen LogP contribution >= 0.6 is 0 Å². The van der Waals surface area contributed by atoms with Crippen molar-refractivity contribution >= 4 is 17.3 Å². The molecule has 28 heavy (non-hydrogen) atoms. The third-order valence-corrected chi connectivity index (χ3v) is 4.18. The summed E-state index contributed by atoms with van der Waals surface area (Å²) in [4.78, 5) is 22.6. The van der Waals surface area contributed by atoms with E-state index in [2.05, 4.69) is 17.5 Å². The average molecular weight is 383 g/mol. The summed E-state index contributed by atoms with van der Waals surface area (Å²) in [6.07, 6.45) is 4.56. The number of unbranched alkanes of at least 4 members (excludes halogenated alkanes) is 3. The summed E-state index contributed by atoms with van der Waals surface area (Å²) < 4.78 is 5.66. The monoisotopic (exact) mass is 383 g/mol. The quantitative estimate of drug-likeness (QED) is 0.278. The number of carbonyl (C=O) groups excluding carboxylic acids is 1. The van der Waals surface area contributed by atoms with Crippen LogP contribution in [0.1, 0.15) is 55.5 Å². The summed E-state index contributed by atoms with van der Waals surface area (Å²) in [7, 11) is 0. The largest absolute Gasteiger partial charge is 0.494 e. The van der Waals surface area contributed by atoms with Gasteiger partial charge in [-0.1, -0.05) is 38.3 Å². The fraction of sp³-hybridized carbons (Fsp3) is 0.333. The van der Waals surface area contributed by atoms with Gasteiger partial charge in [0, 0.05) is 23.3 Å². The lowest BCUT2D eigenvalue weighted by Gasteiger charge is -2.07. The first-order valence-corrected chi connectivity index (χ1v) is 9.33. The van der Waals surface area contributed by atoms with E-state index in [-0.39, 0.29) is 11.6 Å². The second kappa shape index (κ2) is 10.8. The fourth-order valence-corrected chi connectivity index (χ4v) is 2.53.